The largest absolute Gasteiger partial charge is 0.349 e. The number of benzene rings is 2. The molecule has 1 aliphatic heterocycles. The van der Waals surface area contributed by atoms with Gasteiger partial charge in [0.25, 0.3) is 0 Å². The minimum Gasteiger partial charge on any atom is -0.349 e. The molecule has 156 valence electrons. The Labute approximate surface area is 174 Å². The molecular weight excluding hydrogens is 384 g/mol. The lowest BCUT2D eigenvalue weighted by atomic mass is 9.96. The molecule has 6 heteroatoms. The van der Waals surface area contributed by atoms with E-state index in [1.807, 2.05) is 69.3 Å². The van der Waals surface area contributed by atoms with E-state index in [4.69, 9.17) is 0 Å². The fourth-order valence-electron chi connectivity index (χ4n) is 3.73. The van der Waals surface area contributed by atoms with Gasteiger partial charge >= 0.3 is 0 Å². The average molecular weight is 415 g/mol. The van der Waals surface area contributed by atoms with E-state index in [2.05, 4.69) is 5.32 Å². The average Bonchev–Trinajstić information content (AvgIpc) is 2.70. The molecule has 1 amide bonds. The van der Waals surface area contributed by atoms with Crippen molar-refractivity contribution in [3.8, 4) is 0 Å². The van der Waals surface area contributed by atoms with Crippen molar-refractivity contribution in [3.63, 3.8) is 0 Å². The fraction of sp³-hybridized carbons (Fsp3) is 0.435. The second-order valence-electron chi connectivity index (χ2n) is 8.00. The topological polar surface area (TPSA) is 66.5 Å². The van der Waals surface area contributed by atoms with Gasteiger partial charge in [0.2, 0.25) is 15.9 Å². The summed E-state index contributed by atoms with van der Waals surface area (Å²) in [5.74, 6) is -0.122. The maximum absolute atomic E-state index is 12.8. The molecule has 1 atom stereocenters. The fourth-order valence-corrected chi connectivity index (χ4v) is 5.39. The monoisotopic (exact) mass is 414 g/mol. The highest BCUT2D eigenvalue weighted by atomic mass is 32.2. The van der Waals surface area contributed by atoms with Crippen LogP contribution in [0.5, 0.6) is 0 Å². The Morgan fingerprint density at radius 2 is 1.69 bits per heavy atom. The van der Waals surface area contributed by atoms with Crippen LogP contribution in [0.1, 0.15) is 48.1 Å². The summed E-state index contributed by atoms with van der Waals surface area (Å²) in [5.41, 5.74) is 4.07. The third-order valence-electron chi connectivity index (χ3n) is 5.75. The number of nitrogens with one attached hydrogen (secondary N) is 1. The quantitative estimate of drug-likeness (QED) is 0.783. The molecule has 0 unspecified atom stereocenters. The lowest BCUT2D eigenvalue weighted by Gasteiger charge is -2.31. The highest BCUT2D eigenvalue weighted by Gasteiger charge is 2.31. The Balaban J connectivity index is 1.54. The number of hydrogen-bond donors (Lipinski definition) is 1. The maximum Gasteiger partial charge on any atom is 0.223 e. The number of carbonyl (C=O) groups excluding carboxylic acids is 1. The summed E-state index contributed by atoms with van der Waals surface area (Å²) < 4.78 is 27.1. The van der Waals surface area contributed by atoms with Gasteiger partial charge in [-0.1, -0.05) is 54.1 Å². The van der Waals surface area contributed by atoms with Gasteiger partial charge in [0.1, 0.15) is 0 Å². The van der Waals surface area contributed by atoms with Gasteiger partial charge in [-0.3, -0.25) is 4.79 Å². The SMILES string of the molecule is Cc1ccc([C@H](C)NC(=O)C2CCN(S(=O)(=O)Cc3ccccc3C)CC2)cc1. The van der Waals surface area contributed by atoms with Crippen molar-refractivity contribution in [3.05, 3.63) is 70.8 Å². The Morgan fingerprint density at radius 1 is 1.07 bits per heavy atom. The summed E-state index contributed by atoms with van der Waals surface area (Å²) in [6.45, 7) is 6.73. The lowest BCUT2D eigenvalue weighted by molar-refractivity contribution is -0.126. The molecule has 1 N–H and O–H groups in total. The van der Waals surface area contributed by atoms with Crippen molar-refractivity contribution in [1.29, 1.82) is 0 Å². The van der Waals surface area contributed by atoms with Gasteiger partial charge in [-0.2, -0.15) is 0 Å². The van der Waals surface area contributed by atoms with Gasteiger partial charge in [0, 0.05) is 19.0 Å². The van der Waals surface area contributed by atoms with Gasteiger partial charge in [0.05, 0.1) is 11.8 Å². The number of carbonyl (C=O) groups is 1. The van der Waals surface area contributed by atoms with Gasteiger partial charge < -0.3 is 5.32 Å². The molecule has 0 bridgehead atoms. The van der Waals surface area contributed by atoms with E-state index in [1.54, 1.807) is 0 Å². The van der Waals surface area contributed by atoms with Gasteiger partial charge in [-0.25, -0.2) is 12.7 Å². The summed E-state index contributed by atoms with van der Waals surface area (Å²) in [6.07, 6.45) is 1.11. The molecule has 0 spiro atoms. The minimum atomic E-state index is -3.38. The van der Waals surface area contributed by atoms with E-state index in [-0.39, 0.29) is 23.6 Å². The van der Waals surface area contributed by atoms with Crippen LogP contribution in [-0.4, -0.2) is 31.7 Å². The summed E-state index contributed by atoms with van der Waals surface area (Å²) in [7, 11) is -3.38. The third-order valence-corrected chi connectivity index (χ3v) is 7.58. The predicted octanol–water partition coefficient (Wildman–Crippen LogP) is 3.72. The normalized spacial score (nSPS) is 17.1. The molecule has 5 nitrogen and oxygen atoms in total. The van der Waals surface area contributed by atoms with E-state index in [9.17, 15) is 13.2 Å². The number of amides is 1. The second-order valence-corrected chi connectivity index (χ2v) is 9.97. The molecule has 29 heavy (non-hydrogen) atoms. The molecule has 2 aromatic carbocycles. The van der Waals surface area contributed by atoms with Crippen molar-refractivity contribution in [2.75, 3.05) is 13.1 Å². The highest BCUT2D eigenvalue weighted by molar-refractivity contribution is 7.88. The number of sulfonamides is 1. The molecular formula is C23H30N2O3S. The molecule has 1 heterocycles. The zero-order valence-electron chi connectivity index (χ0n) is 17.4. The Bertz CT molecular complexity index is 946. The maximum atomic E-state index is 12.8. The zero-order valence-corrected chi connectivity index (χ0v) is 18.2. The first kappa shape index (κ1) is 21.5. The van der Waals surface area contributed by atoms with E-state index in [0.717, 1.165) is 16.7 Å². The van der Waals surface area contributed by atoms with Crippen LogP contribution in [-0.2, 0) is 20.6 Å². The van der Waals surface area contributed by atoms with Crippen molar-refractivity contribution in [2.24, 2.45) is 5.92 Å². The number of aryl methyl sites for hydroxylation is 2. The number of rotatable bonds is 6. The zero-order chi connectivity index (χ0) is 21.0. The second kappa shape index (κ2) is 9.09. The Kier molecular flexibility index (Phi) is 6.75. The summed E-state index contributed by atoms with van der Waals surface area (Å²) >= 11 is 0. The molecule has 0 radical (unpaired) electrons. The summed E-state index contributed by atoms with van der Waals surface area (Å²) in [4.78, 5) is 12.7. The first-order valence-electron chi connectivity index (χ1n) is 10.2. The molecule has 3 rings (SSSR count). The van der Waals surface area contributed by atoms with Crippen LogP contribution in [0.3, 0.4) is 0 Å². The number of nitrogens with zero attached hydrogens (tertiary/aromatic N) is 1. The van der Waals surface area contributed by atoms with Crippen LogP contribution in [0.4, 0.5) is 0 Å². The number of hydrogen-bond acceptors (Lipinski definition) is 3. The van der Waals surface area contributed by atoms with Gasteiger partial charge in [-0.15, -0.1) is 0 Å². The van der Waals surface area contributed by atoms with Crippen LogP contribution in [0.25, 0.3) is 0 Å². The van der Waals surface area contributed by atoms with E-state index >= 15 is 0 Å². The molecule has 1 fully saturated rings. The summed E-state index contributed by atoms with van der Waals surface area (Å²) in [6, 6.07) is 15.6. The van der Waals surface area contributed by atoms with Crippen LogP contribution in [0, 0.1) is 19.8 Å². The standard InChI is InChI=1S/C23H30N2O3S/c1-17-8-10-20(11-9-17)19(3)24-23(26)21-12-14-25(15-13-21)29(27,28)16-22-7-5-4-6-18(22)2/h4-11,19,21H,12-16H2,1-3H3,(H,24,26)/t19-/m0/s1. The molecule has 1 aliphatic rings. The lowest BCUT2D eigenvalue weighted by Crippen LogP contribution is -2.43. The van der Waals surface area contributed by atoms with Crippen LogP contribution in [0.2, 0.25) is 0 Å². The van der Waals surface area contributed by atoms with E-state index in [0.29, 0.717) is 25.9 Å². The molecule has 2 aromatic rings. The van der Waals surface area contributed by atoms with Gasteiger partial charge in [-0.05, 0) is 50.3 Å². The summed E-state index contributed by atoms with van der Waals surface area (Å²) in [5, 5.41) is 3.08. The predicted molar refractivity (Wildman–Crippen MR) is 116 cm³/mol. The molecule has 1 saturated heterocycles. The van der Waals surface area contributed by atoms with E-state index in [1.165, 1.54) is 9.87 Å². The first-order chi connectivity index (χ1) is 13.8. The molecule has 0 saturated carbocycles. The highest BCUT2D eigenvalue weighted by Crippen LogP contribution is 2.24. The third kappa shape index (κ3) is 5.46. The van der Waals surface area contributed by atoms with Crippen LogP contribution in [0.15, 0.2) is 48.5 Å². The number of piperidine rings is 1. The van der Waals surface area contributed by atoms with Crippen molar-refractivity contribution < 1.29 is 13.2 Å². The van der Waals surface area contributed by atoms with Crippen LogP contribution >= 0.6 is 0 Å². The van der Waals surface area contributed by atoms with Crippen molar-refractivity contribution in [2.45, 2.75) is 45.4 Å². The smallest absolute Gasteiger partial charge is 0.223 e. The van der Waals surface area contributed by atoms with Crippen LogP contribution < -0.4 is 5.32 Å². The van der Waals surface area contributed by atoms with Gasteiger partial charge in [0.15, 0.2) is 0 Å². The minimum absolute atomic E-state index is 0.00836. The molecule has 0 aromatic heterocycles. The first-order valence-corrected chi connectivity index (χ1v) is 11.8. The van der Waals surface area contributed by atoms with Crippen molar-refractivity contribution in [1.82, 2.24) is 9.62 Å². The molecule has 0 aliphatic carbocycles. The van der Waals surface area contributed by atoms with E-state index < -0.39 is 10.0 Å². The Morgan fingerprint density at radius 3 is 2.31 bits per heavy atom. The van der Waals surface area contributed by atoms with Crippen molar-refractivity contribution >= 4 is 15.9 Å². The Hall–Kier alpha value is -2.18.